The summed E-state index contributed by atoms with van der Waals surface area (Å²) in [5.41, 5.74) is 1.07. The molecule has 0 bridgehead atoms. The third-order valence-corrected chi connectivity index (χ3v) is 5.74. The minimum Gasteiger partial charge on any atom is -0.460 e. The smallest absolute Gasteiger partial charge is 0.326 e. The van der Waals surface area contributed by atoms with Crippen LogP contribution < -0.4 is 0 Å². The molecule has 1 aliphatic heterocycles. The van der Waals surface area contributed by atoms with Gasteiger partial charge < -0.3 is 14.2 Å². The summed E-state index contributed by atoms with van der Waals surface area (Å²) in [5.74, 6) is -3.28. The Morgan fingerprint density at radius 3 is 1.94 bits per heavy atom. The molecule has 3 rings (SSSR count). The highest BCUT2D eigenvalue weighted by Crippen LogP contribution is 2.39. The summed E-state index contributed by atoms with van der Waals surface area (Å²) in [5, 5.41) is 0. The number of carbonyl (C=O) groups excluding carboxylic acids is 3. The lowest BCUT2D eigenvalue weighted by Gasteiger charge is -2.39. The molecule has 1 aliphatic rings. The van der Waals surface area contributed by atoms with Crippen LogP contribution in [0, 0.1) is 11.3 Å². The van der Waals surface area contributed by atoms with Gasteiger partial charge in [-0.15, -0.1) is 0 Å². The van der Waals surface area contributed by atoms with E-state index in [0.717, 1.165) is 16.7 Å². The Morgan fingerprint density at radius 1 is 0.882 bits per heavy atom. The number of benzene rings is 2. The van der Waals surface area contributed by atoms with E-state index in [9.17, 15) is 14.4 Å². The molecular weight excluding hydrogens is 432 g/mol. The molecule has 1 fully saturated rings. The second-order valence-corrected chi connectivity index (χ2v) is 10.6. The van der Waals surface area contributed by atoms with E-state index >= 15 is 0 Å². The topological polar surface area (TPSA) is 78.9 Å². The predicted octanol–water partition coefficient (Wildman–Crippen LogP) is 5.48. The standard InChI is InChI=1S/C28H34O6/c1-26(2,3)32-23(29)17-20(18-28(6)24(30)33-27(4,5)34-25(28)31)16-19-12-14-22(15-13-19)21-10-8-7-9-11-21/h7-15,20H,16-18H2,1-6H3/t20-/m0/s1. The van der Waals surface area contributed by atoms with E-state index < -0.39 is 28.7 Å². The van der Waals surface area contributed by atoms with Crippen molar-refractivity contribution in [1.29, 1.82) is 0 Å². The highest BCUT2D eigenvalue weighted by Gasteiger charge is 2.53. The molecule has 6 heteroatoms. The first-order valence-corrected chi connectivity index (χ1v) is 11.6. The lowest BCUT2D eigenvalue weighted by Crippen LogP contribution is -2.53. The van der Waals surface area contributed by atoms with Crippen LogP contribution in [-0.2, 0) is 35.0 Å². The normalized spacial score (nSPS) is 17.9. The number of hydrogen-bond acceptors (Lipinski definition) is 6. The van der Waals surface area contributed by atoms with Crippen LogP contribution in [0.1, 0.15) is 59.9 Å². The van der Waals surface area contributed by atoms with Gasteiger partial charge in [-0.3, -0.25) is 14.4 Å². The zero-order valence-corrected chi connectivity index (χ0v) is 20.8. The number of ether oxygens (including phenoxy) is 3. The molecule has 34 heavy (non-hydrogen) atoms. The van der Waals surface area contributed by atoms with Crippen molar-refractivity contribution < 1.29 is 28.6 Å². The van der Waals surface area contributed by atoms with Crippen LogP contribution in [0.2, 0.25) is 0 Å². The second-order valence-electron chi connectivity index (χ2n) is 10.6. The van der Waals surface area contributed by atoms with Gasteiger partial charge in [0.1, 0.15) is 5.60 Å². The molecule has 0 amide bonds. The van der Waals surface area contributed by atoms with Gasteiger partial charge in [-0.25, -0.2) is 0 Å². The van der Waals surface area contributed by atoms with E-state index in [1.54, 1.807) is 0 Å². The maximum atomic E-state index is 12.8. The number of cyclic esters (lactones) is 2. The van der Waals surface area contributed by atoms with Crippen LogP contribution in [0.4, 0.5) is 0 Å². The summed E-state index contributed by atoms with van der Waals surface area (Å²) in [6, 6.07) is 18.1. The van der Waals surface area contributed by atoms with E-state index in [4.69, 9.17) is 14.2 Å². The second kappa shape index (κ2) is 9.61. The zero-order valence-electron chi connectivity index (χ0n) is 20.8. The summed E-state index contributed by atoms with van der Waals surface area (Å²) < 4.78 is 16.2. The van der Waals surface area contributed by atoms with Crippen LogP contribution in [0.3, 0.4) is 0 Å². The summed E-state index contributed by atoms with van der Waals surface area (Å²) >= 11 is 0. The van der Waals surface area contributed by atoms with Crippen molar-refractivity contribution >= 4 is 17.9 Å². The molecule has 182 valence electrons. The van der Waals surface area contributed by atoms with E-state index in [1.807, 2.05) is 75.4 Å². The Bertz CT molecular complexity index is 1010. The highest BCUT2D eigenvalue weighted by molar-refractivity contribution is 6.01. The molecule has 2 aromatic carbocycles. The zero-order chi connectivity index (χ0) is 25.1. The summed E-state index contributed by atoms with van der Waals surface area (Å²) in [4.78, 5) is 38.3. The van der Waals surface area contributed by atoms with Crippen molar-refractivity contribution in [3.05, 3.63) is 60.2 Å². The van der Waals surface area contributed by atoms with Gasteiger partial charge in [0.25, 0.3) is 5.79 Å². The Morgan fingerprint density at radius 2 is 1.41 bits per heavy atom. The average molecular weight is 467 g/mol. The molecule has 0 radical (unpaired) electrons. The Kier molecular flexibility index (Phi) is 7.20. The van der Waals surface area contributed by atoms with Gasteiger partial charge in [-0.1, -0.05) is 54.6 Å². The quantitative estimate of drug-likeness (QED) is 0.397. The summed E-state index contributed by atoms with van der Waals surface area (Å²) in [6.07, 6.45) is 0.672. The van der Waals surface area contributed by atoms with Gasteiger partial charge in [0, 0.05) is 20.3 Å². The average Bonchev–Trinajstić information content (AvgIpc) is 2.71. The maximum Gasteiger partial charge on any atom is 0.326 e. The van der Waals surface area contributed by atoms with Crippen molar-refractivity contribution in [2.75, 3.05) is 0 Å². The largest absolute Gasteiger partial charge is 0.460 e. The van der Waals surface area contributed by atoms with Gasteiger partial charge >= 0.3 is 17.9 Å². The van der Waals surface area contributed by atoms with Crippen LogP contribution in [0.5, 0.6) is 0 Å². The van der Waals surface area contributed by atoms with E-state index in [2.05, 4.69) is 0 Å². The fraction of sp³-hybridized carbons (Fsp3) is 0.464. The van der Waals surface area contributed by atoms with Crippen molar-refractivity contribution in [3.8, 4) is 11.1 Å². The molecule has 0 aliphatic carbocycles. The molecule has 0 aromatic heterocycles. The van der Waals surface area contributed by atoms with Gasteiger partial charge in [-0.05, 0) is 63.1 Å². The van der Waals surface area contributed by atoms with Crippen LogP contribution in [-0.4, -0.2) is 29.3 Å². The van der Waals surface area contributed by atoms with Crippen LogP contribution in [0.15, 0.2) is 54.6 Å². The predicted molar refractivity (Wildman–Crippen MR) is 129 cm³/mol. The minimum absolute atomic E-state index is 0.0667. The first kappa shape index (κ1) is 25.5. The first-order chi connectivity index (χ1) is 15.8. The molecule has 2 aromatic rings. The van der Waals surface area contributed by atoms with Crippen molar-refractivity contribution in [2.24, 2.45) is 11.3 Å². The van der Waals surface area contributed by atoms with Crippen LogP contribution in [0.25, 0.3) is 11.1 Å². The SMILES string of the molecule is CC(C)(C)OC(=O)C[C@H](Cc1ccc(-c2ccccc2)cc1)CC1(C)C(=O)OC(C)(C)OC1=O. The monoisotopic (exact) mass is 466 g/mol. The maximum absolute atomic E-state index is 12.8. The number of esters is 3. The number of hydrogen-bond donors (Lipinski definition) is 0. The molecule has 0 saturated carbocycles. The molecule has 1 saturated heterocycles. The molecule has 0 N–H and O–H groups in total. The van der Waals surface area contributed by atoms with Crippen molar-refractivity contribution in [2.45, 2.75) is 72.2 Å². The first-order valence-electron chi connectivity index (χ1n) is 11.6. The fourth-order valence-electron chi connectivity index (χ4n) is 4.15. The lowest BCUT2D eigenvalue weighted by atomic mass is 9.77. The van der Waals surface area contributed by atoms with Gasteiger partial charge in [0.15, 0.2) is 5.41 Å². The molecule has 1 atom stereocenters. The highest BCUT2D eigenvalue weighted by atomic mass is 16.7. The lowest BCUT2D eigenvalue weighted by molar-refractivity contribution is -0.251. The number of carbonyl (C=O) groups is 3. The summed E-state index contributed by atoms with van der Waals surface area (Å²) in [7, 11) is 0. The molecule has 0 unspecified atom stereocenters. The third-order valence-electron chi connectivity index (χ3n) is 5.74. The van der Waals surface area contributed by atoms with Crippen LogP contribution >= 0.6 is 0 Å². The molecular formula is C28H34O6. The van der Waals surface area contributed by atoms with Gasteiger partial charge in [0.2, 0.25) is 0 Å². The van der Waals surface area contributed by atoms with Crippen molar-refractivity contribution in [3.63, 3.8) is 0 Å². The number of rotatable bonds is 7. The Hall–Kier alpha value is -3.15. The van der Waals surface area contributed by atoms with Gasteiger partial charge in [0.05, 0.1) is 0 Å². The van der Waals surface area contributed by atoms with E-state index in [1.165, 1.54) is 20.8 Å². The Labute approximate surface area is 201 Å². The minimum atomic E-state index is -1.49. The van der Waals surface area contributed by atoms with Crippen molar-refractivity contribution in [1.82, 2.24) is 0 Å². The summed E-state index contributed by atoms with van der Waals surface area (Å²) in [6.45, 7) is 9.99. The molecule has 1 heterocycles. The molecule has 0 spiro atoms. The third kappa shape index (κ3) is 6.46. The van der Waals surface area contributed by atoms with E-state index in [-0.39, 0.29) is 24.7 Å². The van der Waals surface area contributed by atoms with E-state index in [0.29, 0.717) is 6.42 Å². The Balaban J connectivity index is 1.81. The van der Waals surface area contributed by atoms with Gasteiger partial charge in [-0.2, -0.15) is 0 Å². The molecule has 6 nitrogen and oxygen atoms in total. The fourth-order valence-corrected chi connectivity index (χ4v) is 4.15.